The number of carbonyl (C=O) groups is 2. The van der Waals surface area contributed by atoms with Gasteiger partial charge < -0.3 is 10.6 Å². The van der Waals surface area contributed by atoms with Gasteiger partial charge in [0, 0.05) is 24.7 Å². The number of aryl methyl sites for hydroxylation is 1. The van der Waals surface area contributed by atoms with E-state index in [9.17, 15) is 9.59 Å². The molecule has 3 rings (SSSR count). The van der Waals surface area contributed by atoms with Crippen molar-refractivity contribution < 1.29 is 9.59 Å². The van der Waals surface area contributed by atoms with Gasteiger partial charge in [-0.2, -0.15) is 5.10 Å². The minimum absolute atomic E-state index is 0.115. The first kappa shape index (κ1) is 20.5. The molecule has 1 atom stereocenters. The largest absolute Gasteiger partial charge is 0.348 e. The molecule has 0 aromatic carbocycles. The van der Waals surface area contributed by atoms with Crippen LogP contribution in [0.25, 0.3) is 0 Å². The molecular weight excluding hydrogens is 374 g/mol. The lowest BCUT2D eigenvalue weighted by atomic mass is 9.95. The summed E-state index contributed by atoms with van der Waals surface area (Å²) in [5, 5.41) is 12.8. The molecule has 2 heterocycles. The quantitative estimate of drug-likeness (QED) is 0.741. The smallest absolute Gasteiger partial charge is 0.270 e. The van der Waals surface area contributed by atoms with E-state index in [-0.39, 0.29) is 23.9 Å². The summed E-state index contributed by atoms with van der Waals surface area (Å²) in [5.74, 6) is 0.0740. The van der Waals surface area contributed by atoms with Crippen LogP contribution in [0.3, 0.4) is 0 Å². The van der Waals surface area contributed by atoms with Gasteiger partial charge in [0.25, 0.3) is 11.8 Å². The molecule has 28 heavy (non-hydrogen) atoms. The lowest BCUT2D eigenvalue weighted by molar-refractivity contribution is 0.0919. The van der Waals surface area contributed by atoms with Gasteiger partial charge in [-0.15, -0.1) is 11.3 Å². The Morgan fingerprint density at radius 2 is 2.00 bits per heavy atom. The zero-order valence-corrected chi connectivity index (χ0v) is 17.6. The Hall–Kier alpha value is -2.22. The molecule has 1 saturated carbocycles. The summed E-state index contributed by atoms with van der Waals surface area (Å²) in [6.45, 7) is 4.21. The van der Waals surface area contributed by atoms with Crippen LogP contribution in [-0.2, 0) is 7.05 Å². The third-order valence-electron chi connectivity index (χ3n) is 5.06. The van der Waals surface area contributed by atoms with Crippen molar-refractivity contribution in [1.82, 2.24) is 25.4 Å². The molecule has 1 aliphatic rings. The first-order valence-corrected chi connectivity index (χ1v) is 10.9. The van der Waals surface area contributed by atoms with Gasteiger partial charge >= 0.3 is 0 Å². The molecule has 2 amide bonds. The van der Waals surface area contributed by atoms with Crippen molar-refractivity contribution in [2.45, 2.75) is 64.5 Å². The molecule has 7 nitrogen and oxygen atoms in total. The Kier molecular flexibility index (Phi) is 6.83. The molecule has 2 aromatic rings. The van der Waals surface area contributed by atoms with Crippen LogP contribution in [0.5, 0.6) is 0 Å². The topological polar surface area (TPSA) is 88.9 Å². The molecule has 0 aliphatic heterocycles. The molecular formula is C20H29N5O2S. The summed E-state index contributed by atoms with van der Waals surface area (Å²) < 4.78 is 1.55. The van der Waals surface area contributed by atoms with E-state index in [1.54, 1.807) is 29.4 Å². The summed E-state index contributed by atoms with van der Waals surface area (Å²) in [7, 11) is 1.74. The zero-order valence-electron chi connectivity index (χ0n) is 16.8. The molecule has 0 saturated heterocycles. The maximum Gasteiger partial charge on any atom is 0.270 e. The Balaban J connectivity index is 1.69. The van der Waals surface area contributed by atoms with E-state index in [0.29, 0.717) is 17.3 Å². The van der Waals surface area contributed by atoms with E-state index in [1.165, 1.54) is 30.6 Å². The molecule has 0 bridgehead atoms. The van der Waals surface area contributed by atoms with E-state index < -0.39 is 0 Å². The van der Waals surface area contributed by atoms with Gasteiger partial charge in [0.1, 0.15) is 16.4 Å². The molecule has 152 valence electrons. The van der Waals surface area contributed by atoms with Gasteiger partial charge in [-0.25, -0.2) is 4.98 Å². The molecule has 2 N–H and O–H groups in total. The minimum atomic E-state index is -0.233. The van der Waals surface area contributed by atoms with Gasteiger partial charge in [0.05, 0.1) is 6.04 Å². The molecule has 8 heteroatoms. The maximum atomic E-state index is 12.6. The summed E-state index contributed by atoms with van der Waals surface area (Å²) in [5.41, 5.74) is 0.940. The van der Waals surface area contributed by atoms with E-state index in [2.05, 4.69) is 34.6 Å². The number of hydrogen-bond acceptors (Lipinski definition) is 5. The highest BCUT2D eigenvalue weighted by molar-refractivity contribution is 7.09. The Morgan fingerprint density at radius 3 is 2.64 bits per heavy atom. The van der Waals surface area contributed by atoms with Crippen molar-refractivity contribution in [3.8, 4) is 0 Å². The van der Waals surface area contributed by atoms with Gasteiger partial charge in [-0.3, -0.25) is 14.3 Å². The number of aromatic nitrogens is 3. The second kappa shape index (κ2) is 9.32. The highest BCUT2D eigenvalue weighted by Gasteiger charge is 2.24. The Labute approximate surface area is 169 Å². The van der Waals surface area contributed by atoms with Gasteiger partial charge in [0.15, 0.2) is 0 Å². The summed E-state index contributed by atoms with van der Waals surface area (Å²) >= 11 is 1.42. The molecule has 0 unspecified atom stereocenters. The first-order chi connectivity index (χ1) is 13.4. The summed E-state index contributed by atoms with van der Waals surface area (Å²) in [6.07, 6.45) is 8.02. The summed E-state index contributed by atoms with van der Waals surface area (Å²) in [4.78, 5) is 29.7. The fourth-order valence-electron chi connectivity index (χ4n) is 3.58. The van der Waals surface area contributed by atoms with Crippen LogP contribution in [0.15, 0.2) is 17.6 Å². The summed E-state index contributed by atoms with van der Waals surface area (Å²) in [6, 6.07) is 1.71. The Bertz CT molecular complexity index is 807. The van der Waals surface area contributed by atoms with E-state index in [4.69, 9.17) is 0 Å². The van der Waals surface area contributed by atoms with Crippen molar-refractivity contribution in [2.24, 2.45) is 13.0 Å². The van der Waals surface area contributed by atoms with Crippen LogP contribution in [0, 0.1) is 5.92 Å². The SMILES string of the molecule is CC(C)C[C@H](NC(=O)c1ccnn1C)c1nc(C(=O)NC2CCCCC2)cs1. The predicted molar refractivity (Wildman–Crippen MR) is 109 cm³/mol. The van der Waals surface area contributed by atoms with Gasteiger partial charge in [0.2, 0.25) is 0 Å². The number of amides is 2. The molecule has 0 spiro atoms. The lowest BCUT2D eigenvalue weighted by Gasteiger charge is -2.22. The number of thiazole rings is 1. The third kappa shape index (κ3) is 5.19. The van der Waals surface area contributed by atoms with Gasteiger partial charge in [-0.1, -0.05) is 33.1 Å². The fourth-order valence-corrected chi connectivity index (χ4v) is 4.44. The number of rotatable bonds is 7. The van der Waals surface area contributed by atoms with Crippen molar-refractivity contribution in [3.63, 3.8) is 0 Å². The average Bonchev–Trinajstić information content (AvgIpc) is 3.31. The number of carbonyl (C=O) groups excluding carboxylic acids is 2. The lowest BCUT2D eigenvalue weighted by Crippen LogP contribution is -2.36. The predicted octanol–water partition coefficient (Wildman–Crippen LogP) is 3.46. The number of nitrogens with one attached hydrogen (secondary N) is 2. The van der Waals surface area contributed by atoms with Crippen LogP contribution in [0.1, 0.15) is 84.4 Å². The number of hydrogen-bond donors (Lipinski definition) is 2. The molecule has 1 aliphatic carbocycles. The number of nitrogens with zero attached hydrogens (tertiary/aromatic N) is 3. The van der Waals surface area contributed by atoms with Crippen molar-refractivity contribution in [2.75, 3.05) is 0 Å². The highest BCUT2D eigenvalue weighted by atomic mass is 32.1. The monoisotopic (exact) mass is 403 g/mol. The van der Waals surface area contributed by atoms with E-state index in [1.807, 2.05) is 0 Å². The van der Waals surface area contributed by atoms with Crippen LogP contribution >= 0.6 is 11.3 Å². The molecule has 0 radical (unpaired) electrons. The van der Waals surface area contributed by atoms with Gasteiger partial charge in [-0.05, 0) is 31.2 Å². The third-order valence-corrected chi connectivity index (χ3v) is 6.02. The highest BCUT2D eigenvalue weighted by Crippen LogP contribution is 2.25. The van der Waals surface area contributed by atoms with Crippen LogP contribution < -0.4 is 10.6 Å². The Morgan fingerprint density at radius 1 is 1.25 bits per heavy atom. The standard InChI is InChI=1S/C20H29N5O2S/c1-13(2)11-15(23-19(27)17-9-10-21-25(17)3)20-24-16(12-28-20)18(26)22-14-7-5-4-6-8-14/h9-10,12-15H,4-8,11H2,1-3H3,(H,22,26)(H,23,27)/t15-/m0/s1. The van der Waals surface area contributed by atoms with Crippen LogP contribution in [0.4, 0.5) is 0 Å². The van der Waals surface area contributed by atoms with Crippen molar-refractivity contribution in [3.05, 3.63) is 34.0 Å². The van der Waals surface area contributed by atoms with Crippen LogP contribution in [-0.4, -0.2) is 32.6 Å². The fraction of sp³-hybridized carbons (Fsp3) is 0.600. The minimum Gasteiger partial charge on any atom is -0.348 e. The van der Waals surface area contributed by atoms with Crippen LogP contribution in [0.2, 0.25) is 0 Å². The second-order valence-corrected chi connectivity index (χ2v) is 8.76. The van der Waals surface area contributed by atoms with E-state index in [0.717, 1.165) is 24.3 Å². The average molecular weight is 404 g/mol. The molecule has 1 fully saturated rings. The first-order valence-electron chi connectivity index (χ1n) is 9.99. The maximum absolute atomic E-state index is 12.6. The molecule has 2 aromatic heterocycles. The van der Waals surface area contributed by atoms with E-state index >= 15 is 0 Å². The second-order valence-electron chi connectivity index (χ2n) is 7.88. The van der Waals surface area contributed by atoms with Crippen molar-refractivity contribution in [1.29, 1.82) is 0 Å². The zero-order chi connectivity index (χ0) is 20.1. The van der Waals surface area contributed by atoms with Crippen molar-refractivity contribution >= 4 is 23.2 Å². The normalized spacial score (nSPS) is 16.1.